The maximum atomic E-state index is 10.1. The van der Waals surface area contributed by atoms with E-state index in [0.29, 0.717) is 11.5 Å². The van der Waals surface area contributed by atoms with E-state index in [9.17, 15) is 5.11 Å². The first-order valence-corrected chi connectivity index (χ1v) is 9.24. The van der Waals surface area contributed by atoms with Gasteiger partial charge in [0, 0.05) is 25.8 Å². The molecule has 1 unspecified atom stereocenters. The van der Waals surface area contributed by atoms with Gasteiger partial charge in [0.2, 0.25) is 0 Å². The SMILES string of the molecule is OC(CSc1ccccc1Cl)CSc1ccccc1Br. The number of aliphatic hydroxyl groups is 1. The topological polar surface area (TPSA) is 20.2 Å². The van der Waals surface area contributed by atoms with Crippen molar-refractivity contribution < 1.29 is 5.11 Å². The number of rotatable bonds is 6. The maximum Gasteiger partial charge on any atom is 0.0727 e. The summed E-state index contributed by atoms with van der Waals surface area (Å²) in [5.74, 6) is 1.31. The Bertz CT molecular complexity index is 516. The van der Waals surface area contributed by atoms with Crippen molar-refractivity contribution in [3.05, 3.63) is 58.0 Å². The summed E-state index contributed by atoms with van der Waals surface area (Å²) in [5, 5.41) is 10.8. The van der Waals surface area contributed by atoms with Crippen LogP contribution in [0, 0.1) is 0 Å². The summed E-state index contributed by atoms with van der Waals surface area (Å²) in [6, 6.07) is 15.7. The van der Waals surface area contributed by atoms with E-state index in [-0.39, 0.29) is 6.10 Å². The lowest BCUT2D eigenvalue weighted by atomic mass is 10.4. The van der Waals surface area contributed by atoms with Gasteiger partial charge in [-0.15, -0.1) is 23.5 Å². The smallest absolute Gasteiger partial charge is 0.0727 e. The average molecular weight is 390 g/mol. The van der Waals surface area contributed by atoms with Crippen molar-refractivity contribution in [3.63, 3.8) is 0 Å². The summed E-state index contributed by atoms with van der Waals surface area (Å²) >= 11 is 12.8. The van der Waals surface area contributed by atoms with Crippen molar-refractivity contribution in [2.45, 2.75) is 15.9 Å². The molecule has 0 bridgehead atoms. The van der Waals surface area contributed by atoms with Gasteiger partial charge < -0.3 is 5.11 Å². The molecule has 1 atom stereocenters. The summed E-state index contributed by atoms with van der Waals surface area (Å²) in [7, 11) is 0. The molecule has 0 aromatic heterocycles. The van der Waals surface area contributed by atoms with Crippen molar-refractivity contribution >= 4 is 51.1 Å². The Hall–Kier alpha value is -0.130. The highest BCUT2D eigenvalue weighted by Gasteiger charge is 2.09. The van der Waals surface area contributed by atoms with E-state index >= 15 is 0 Å². The fraction of sp³-hybridized carbons (Fsp3) is 0.200. The second-order valence-corrected chi connectivity index (χ2v) is 7.52. The van der Waals surface area contributed by atoms with E-state index in [2.05, 4.69) is 15.9 Å². The third-order valence-electron chi connectivity index (χ3n) is 2.54. The fourth-order valence-electron chi connectivity index (χ4n) is 1.54. The van der Waals surface area contributed by atoms with E-state index < -0.39 is 0 Å². The lowest BCUT2D eigenvalue weighted by molar-refractivity contribution is 0.225. The quantitative estimate of drug-likeness (QED) is 0.673. The highest BCUT2D eigenvalue weighted by atomic mass is 79.9. The molecule has 2 aromatic carbocycles. The summed E-state index contributed by atoms with van der Waals surface area (Å²) in [6.07, 6.45) is -0.367. The molecule has 0 aliphatic heterocycles. The van der Waals surface area contributed by atoms with Crippen LogP contribution in [-0.4, -0.2) is 22.7 Å². The molecule has 106 valence electrons. The molecule has 0 aliphatic carbocycles. The number of aliphatic hydroxyl groups excluding tert-OH is 1. The molecule has 0 aliphatic rings. The lowest BCUT2D eigenvalue weighted by Crippen LogP contribution is -2.13. The molecular weight excluding hydrogens is 376 g/mol. The van der Waals surface area contributed by atoms with Crippen molar-refractivity contribution in [2.24, 2.45) is 0 Å². The maximum absolute atomic E-state index is 10.1. The molecule has 0 saturated carbocycles. The van der Waals surface area contributed by atoms with Crippen LogP contribution in [0.15, 0.2) is 62.8 Å². The molecule has 0 amide bonds. The third-order valence-corrected chi connectivity index (χ3v) is 6.37. The number of thioether (sulfide) groups is 2. The van der Waals surface area contributed by atoms with Gasteiger partial charge in [-0.05, 0) is 40.2 Å². The zero-order valence-electron chi connectivity index (χ0n) is 10.6. The highest BCUT2D eigenvalue weighted by Crippen LogP contribution is 2.30. The summed E-state index contributed by atoms with van der Waals surface area (Å²) in [5.41, 5.74) is 0. The normalized spacial score (nSPS) is 12.3. The molecule has 0 fully saturated rings. The number of benzene rings is 2. The molecule has 2 rings (SSSR count). The summed E-state index contributed by atoms with van der Waals surface area (Å²) < 4.78 is 1.07. The minimum atomic E-state index is -0.367. The predicted octanol–water partition coefficient (Wildman–Crippen LogP) is 5.35. The molecular formula is C15H14BrClOS2. The van der Waals surface area contributed by atoms with Gasteiger partial charge in [-0.25, -0.2) is 0 Å². The second-order valence-electron chi connectivity index (χ2n) is 4.14. The number of hydrogen-bond acceptors (Lipinski definition) is 3. The molecule has 1 nitrogen and oxygen atoms in total. The molecule has 0 spiro atoms. The van der Waals surface area contributed by atoms with Crippen LogP contribution >= 0.6 is 51.1 Å². The number of hydrogen-bond donors (Lipinski definition) is 1. The molecule has 2 aromatic rings. The van der Waals surface area contributed by atoms with Crippen LogP contribution in [0.25, 0.3) is 0 Å². The standard InChI is InChI=1S/C15H14BrClOS2/c16-12-5-1-3-7-14(12)19-9-11(18)10-20-15-8-4-2-6-13(15)17/h1-8,11,18H,9-10H2. The molecule has 5 heteroatoms. The first-order valence-electron chi connectivity index (χ1n) is 6.09. The Balaban J connectivity index is 1.80. The van der Waals surface area contributed by atoms with Crippen LogP contribution < -0.4 is 0 Å². The highest BCUT2D eigenvalue weighted by molar-refractivity contribution is 9.10. The first kappa shape index (κ1) is 16.2. The van der Waals surface area contributed by atoms with Crippen LogP contribution in [0.1, 0.15) is 0 Å². The predicted molar refractivity (Wildman–Crippen MR) is 93.0 cm³/mol. The minimum absolute atomic E-state index is 0.367. The van der Waals surface area contributed by atoms with Crippen LogP contribution in [0.2, 0.25) is 5.02 Å². The zero-order valence-corrected chi connectivity index (χ0v) is 14.6. The van der Waals surface area contributed by atoms with Crippen LogP contribution in [0.5, 0.6) is 0 Å². The van der Waals surface area contributed by atoms with Gasteiger partial charge in [-0.1, -0.05) is 35.9 Å². The van der Waals surface area contributed by atoms with Crippen molar-refractivity contribution in [1.29, 1.82) is 0 Å². The van der Waals surface area contributed by atoms with Crippen LogP contribution in [0.4, 0.5) is 0 Å². The summed E-state index contributed by atoms with van der Waals surface area (Å²) in [6.45, 7) is 0. The lowest BCUT2D eigenvalue weighted by Gasteiger charge is -2.11. The Labute approximate surface area is 141 Å². The van der Waals surface area contributed by atoms with Gasteiger partial charge in [-0.3, -0.25) is 0 Å². The van der Waals surface area contributed by atoms with Crippen LogP contribution in [0.3, 0.4) is 0 Å². The van der Waals surface area contributed by atoms with Gasteiger partial charge >= 0.3 is 0 Å². The molecule has 1 N–H and O–H groups in total. The fourth-order valence-corrected chi connectivity index (χ4v) is 4.36. The largest absolute Gasteiger partial charge is 0.391 e. The summed E-state index contributed by atoms with van der Waals surface area (Å²) in [4.78, 5) is 2.16. The minimum Gasteiger partial charge on any atom is -0.391 e. The third kappa shape index (κ3) is 5.01. The second kappa shape index (κ2) is 8.35. The molecule has 0 saturated heterocycles. The van der Waals surface area contributed by atoms with Gasteiger partial charge in [0.15, 0.2) is 0 Å². The van der Waals surface area contributed by atoms with Crippen LogP contribution in [-0.2, 0) is 0 Å². The average Bonchev–Trinajstić information content (AvgIpc) is 2.45. The molecule has 0 radical (unpaired) electrons. The van der Waals surface area contributed by atoms with Crippen molar-refractivity contribution in [3.8, 4) is 0 Å². The first-order chi connectivity index (χ1) is 9.66. The van der Waals surface area contributed by atoms with Crippen molar-refractivity contribution in [2.75, 3.05) is 11.5 Å². The van der Waals surface area contributed by atoms with E-state index in [0.717, 1.165) is 19.3 Å². The zero-order chi connectivity index (χ0) is 14.4. The molecule has 20 heavy (non-hydrogen) atoms. The van der Waals surface area contributed by atoms with Gasteiger partial charge in [-0.2, -0.15) is 0 Å². The Morgan fingerprint density at radius 1 is 0.950 bits per heavy atom. The number of halogens is 2. The van der Waals surface area contributed by atoms with Crippen molar-refractivity contribution in [1.82, 2.24) is 0 Å². The van der Waals surface area contributed by atoms with E-state index in [1.54, 1.807) is 23.5 Å². The van der Waals surface area contributed by atoms with E-state index in [1.807, 2.05) is 48.5 Å². The Morgan fingerprint density at radius 2 is 1.50 bits per heavy atom. The Morgan fingerprint density at radius 3 is 2.15 bits per heavy atom. The molecule has 0 heterocycles. The van der Waals surface area contributed by atoms with Gasteiger partial charge in [0.25, 0.3) is 0 Å². The Kier molecular flexibility index (Phi) is 6.78. The van der Waals surface area contributed by atoms with E-state index in [1.165, 1.54) is 0 Å². The van der Waals surface area contributed by atoms with E-state index in [4.69, 9.17) is 11.6 Å². The van der Waals surface area contributed by atoms with Gasteiger partial charge in [0.05, 0.1) is 11.1 Å². The monoisotopic (exact) mass is 388 g/mol. The van der Waals surface area contributed by atoms with Gasteiger partial charge in [0.1, 0.15) is 0 Å².